The van der Waals surface area contributed by atoms with Gasteiger partial charge in [0.25, 0.3) is 5.91 Å². The molecule has 0 saturated heterocycles. The van der Waals surface area contributed by atoms with Gasteiger partial charge in [-0.2, -0.15) is 0 Å². The van der Waals surface area contributed by atoms with Gasteiger partial charge in [0.05, 0.1) is 6.54 Å². The first-order valence-electron chi connectivity index (χ1n) is 6.85. The van der Waals surface area contributed by atoms with Crippen molar-refractivity contribution in [3.05, 3.63) is 51.7 Å². The van der Waals surface area contributed by atoms with E-state index in [9.17, 15) is 4.79 Å². The molecule has 1 aliphatic rings. The van der Waals surface area contributed by atoms with Crippen LogP contribution in [-0.4, -0.2) is 23.3 Å². The van der Waals surface area contributed by atoms with Gasteiger partial charge in [-0.25, -0.2) is 4.99 Å². The number of benzene rings is 1. The van der Waals surface area contributed by atoms with Gasteiger partial charge < -0.3 is 5.32 Å². The van der Waals surface area contributed by atoms with Crippen LogP contribution in [0.25, 0.3) is 0 Å². The SMILES string of the molecule is Cc1cccc(NC2=NCC(=O)N2Cc2cccs2)c1C. The van der Waals surface area contributed by atoms with Crippen molar-refractivity contribution in [2.24, 2.45) is 4.99 Å². The Balaban J connectivity index is 1.80. The van der Waals surface area contributed by atoms with E-state index in [1.54, 1.807) is 16.2 Å². The molecule has 0 bridgehead atoms. The molecule has 3 rings (SSSR count). The highest BCUT2D eigenvalue weighted by molar-refractivity contribution is 7.09. The number of aryl methyl sites for hydroxylation is 1. The Morgan fingerprint density at radius 3 is 2.90 bits per heavy atom. The Morgan fingerprint density at radius 2 is 2.14 bits per heavy atom. The van der Waals surface area contributed by atoms with Crippen LogP contribution in [0.1, 0.15) is 16.0 Å². The van der Waals surface area contributed by atoms with Crippen molar-refractivity contribution in [2.75, 3.05) is 11.9 Å². The third-order valence-corrected chi connectivity index (χ3v) is 4.53. The number of guanidine groups is 1. The molecule has 0 spiro atoms. The molecule has 2 aromatic rings. The molecule has 2 heterocycles. The molecule has 21 heavy (non-hydrogen) atoms. The second-order valence-electron chi connectivity index (χ2n) is 5.07. The average Bonchev–Trinajstić information content (AvgIpc) is 3.09. The minimum absolute atomic E-state index is 0.0382. The summed E-state index contributed by atoms with van der Waals surface area (Å²) in [7, 11) is 0. The number of anilines is 1. The van der Waals surface area contributed by atoms with Crippen LogP contribution in [0.4, 0.5) is 5.69 Å². The highest BCUT2D eigenvalue weighted by Gasteiger charge is 2.26. The molecule has 0 fully saturated rings. The summed E-state index contributed by atoms with van der Waals surface area (Å²) in [5.74, 6) is 0.679. The van der Waals surface area contributed by atoms with Gasteiger partial charge in [0.2, 0.25) is 5.96 Å². The second kappa shape index (κ2) is 5.69. The molecule has 1 aromatic carbocycles. The summed E-state index contributed by atoms with van der Waals surface area (Å²) in [4.78, 5) is 19.2. The predicted octanol–water partition coefficient (Wildman–Crippen LogP) is 3.18. The highest BCUT2D eigenvalue weighted by atomic mass is 32.1. The first-order chi connectivity index (χ1) is 10.1. The molecule has 1 amide bonds. The van der Waals surface area contributed by atoms with Crippen LogP contribution in [-0.2, 0) is 11.3 Å². The van der Waals surface area contributed by atoms with E-state index in [0.717, 1.165) is 10.6 Å². The van der Waals surface area contributed by atoms with Gasteiger partial charge in [0.15, 0.2) is 0 Å². The third-order valence-electron chi connectivity index (χ3n) is 3.67. The number of hydrogen-bond acceptors (Lipinski definition) is 4. The Labute approximate surface area is 128 Å². The molecule has 1 N–H and O–H groups in total. The van der Waals surface area contributed by atoms with Crippen LogP contribution >= 0.6 is 11.3 Å². The summed E-state index contributed by atoms with van der Waals surface area (Å²) in [5, 5.41) is 5.32. The fourth-order valence-electron chi connectivity index (χ4n) is 2.27. The van der Waals surface area contributed by atoms with E-state index in [4.69, 9.17) is 0 Å². The normalized spacial score (nSPS) is 14.5. The molecule has 4 nitrogen and oxygen atoms in total. The largest absolute Gasteiger partial charge is 0.326 e. The summed E-state index contributed by atoms with van der Waals surface area (Å²) in [6, 6.07) is 10.1. The van der Waals surface area contributed by atoms with Crippen molar-refractivity contribution in [3.8, 4) is 0 Å². The maximum atomic E-state index is 12.0. The molecule has 0 saturated carbocycles. The van der Waals surface area contributed by atoms with E-state index < -0.39 is 0 Å². The van der Waals surface area contributed by atoms with Crippen molar-refractivity contribution in [1.29, 1.82) is 0 Å². The lowest BCUT2D eigenvalue weighted by Gasteiger charge is -2.20. The number of rotatable bonds is 3. The molecular formula is C16H17N3OS. The van der Waals surface area contributed by atoms with E-state index in [0.29, 0.717) is 12.5 Å². The minimum Gasteiger partial charge on any atom is -0.326 e. The molecule has 0 unspecified atom stereocenters. The number of thiophene rings is 1. The predicted molar refractivity (Wildman–Crippen MR) is 86.7 cm³/mol. The first-order valence-corrected chi connectivity index (χ1v) is 7.73. The molecule has 108 valence electrons. The standard InChI is InChI=1S/C16H17N3OS/c1-11-5-3-7-14(12(11)2)18-16-17-9-15(20)19(16)10-13-6-4-8-21-13/h3-8H,9-10H2,1-2H3,(H,17,18). The maximum absolute atomic E-state index is 12.0. The molecule has 0 radical (unpaired) electrons. The zero-order valence-electron chi connectivity index (χ0n) is 12.1. The fourth-order valence-corrected chi connectivity index (χ4v) is 2.96. The van der Waals surface area contributed by atoms with Crippen LogP contribution in [0.2, 0.25) is 0 Å². The lowest BCUT2D eigenvalue weighted by molar-refractivity contribution is -0.125. The number of carbonyl (C=O) groups excluding carboxylic acids is 1. The fraction of sp³-hybridized carbons (Fsp3) is 0.250. The zero-order valence-corrected chi connectivity index (χ0v) is 12.9. The van der Waals surface area contributed by atoms with Crippen molar-refractivity contribution < 1.29 is 4.79 Å². The zero-order chi connectivity index (χ0) is 14.8. The Kier molecular flexibility index (Phi) is 3.75. The quantitative estimate of drug-likeness (QED) is 0.946. The molecule has 1 aromatic heterocycles. The summed E-state index contributed by atoms with van der Waals surface area (Å²) < 4.78 is 0. The molecule has 1 aliphatic heterocycles. The van der Waals surface area contributed by atoms with E-state index in [2.05, 4.69) is 30.2 Å². The summed E-state index contributed by atoms with van der Waals surface area (Å²) in [6.45, 7) is 4.94. The van der Waals surface area contributed by atoms with E-state index in [1.165, 1.54) is 11.1 Å². The van der Waals surface area contributed by atoms with Crippen LogP contribution < -0.4 is 5.32 Å². The van der Waals surface area contributed by atoms with Gasteiger partial charge >= 0.3 is 0 Å². The smallest absolute Gasteiger partial charge is 0.251 e. The van der Waals surface area contributed by atoms with E-state index >= 15 is 0 Å². The maximum Gasteiger partial charge on any atom is 0.251 e. The summed E-state index contributed by atoms with van der Waals surface area (Å²) in [6.07, 6.45) is 0. The average molecular weight is 299 g/mol. The summed E-state index contributed by atoms with van der Waals surface area (Å²) in [5.41, 5.74) is 3.39. The second-order valence-corrected chi connectivity index (χ2v) is 6.10. The van der Waals surface area contributed by atoms with Crippen LogP contribution in [0.3, 0.4) is 0 Å². The molecule has 5 heteroatoms. The number of nitrogens with zero attached hydrogens (tertiary/aromatic N) is 2. The van der Waals surface area contributed by atoms with E-state index in [1.807, 2.05) is 29.6 Å². The van der Waals surface area contributed by atoms with Gasteiger partial charge in [0.1, 0.15) is 6.54 Å². The van der Waals surface area contributed by atoms with Crippen molar-refractivity contribution in [2.45, 2.75) is 20.4 Å². The topological polar surface area (TPSA) is 44.7 Å². The lowest BCUT2D eigenvalue weighted by atomic mass is 10.1. The molecule has 0 atom stereocenters. The van der Waals surface area contributed by atoms with Gasteiger partial charge in [-0.3, -0.25) is 9.69 Å². The van der Waals surface area contributed by atoms with Gasteiger partial charge in [0, 0.05) is 10.6 Å². The highest BCUT2D eigenvalue weighted by Crippen LogP contribution is 2.21. The van der Waals surface area contributed by atoms with Crippen LogP contribution in [0.15, 0.2) is 40.7 Å². The molecular weight excluding hydrogens is 282 g/mol. The number of carbonyl (C=O) groups is 1. The molecule has 0 aliphatic carbocycles. The van der Waals surface area contributed by atoms with E-state index in [-0.39, 0.29) is 12.5 Å². The van der Waals surface area contributed by atoms with Crippen LogP contribution in [0.5, 0.6) is 0 Å². The third kappa shape index (κ3) is 2.83. The Bertz CT molecular complexity index is 692. The summed E-state index contributed by atoms with van der Waals surface area (Å²) >= 11 is 1.65. The van der Waals surface area contributed by atoms with Gasteiger partial charge in [-0.15, -0.1) is 11.3 Å². The van der Waals surface area contributed by atoms with Crippen molar-refractivity contribution in [1.82, 2.24) is 4.90 Å². The van der Waals surface area contributed by atoms with Crippen molar-refractivity contribution in [3.63, 3.8) is 0 Å². The van der Waals surface area contributed by atoms with Crippen LogP contribution in [0, 0.1) is 13.8 Å². The lowest BCUT2D eigenvalue weighted by Crippen LogP contribution is -2.36. The minimum atomic E-state index is 0.0382. The van der Waals surface area contributed by atoms with Crippen molar-refractivity contribution >= 4 is 28.9 Å². The number of aliphatic imine (C=N–C) groups is 1. The Hall–Kier alpha value is -2.14. The monoisotopic (exact) mass is 299 g/mol. The van der Waals surface area contributed by atoms with Gasteiger partial charge in [-0.05, 0) is 42.5 Å². The Morgan fingerprint density at radius 1 is 1.29 bits per heavy atom. The first kappa shape index (κ1) is 13.8. The van der Waals surface area contributed by atoms with Gasteiger partial charge in [-0.1, -0.05) is 18.2 Å². The number of hydrogen-bond donors (Lipinski definition) is 1. The number of nitrogens with one attached hydrogen (secondary N) is 1. The number of amides is 1.